The topological polar surface area (TPSA) is 49.6 Å². The molecule has 0 bridgehead atoms. The highest BCUT2D eigenvalue weighted by molar-refractivity contribution is 5.09. The second kappa shape index (κ2) is 3.67. The zero-order valence-corrected chi connectivity index (χ0v) is 6.41. The van der Waals surface area contributed by atoms with E-state index in [-0.39, 0.29) is 0 Å². The number of hydrogen-bond acceptors (Lipinski definition) is 3. The Labute approximate surface area is 65.7 Å². The third-order valence-electron chi connectivity index (χ3n) is 1.36. The van der Waals surface area contributed by atoms with E-state index in [4.69, 9.17) is 5.26 Å². The summed E-state index contributed by atoms with van der Waals surface area (Å²) in [6, 6.07) is 2.04. The third kappa shape index (κ3) is 2.01. The summed E-state index contributed by atoms with van der Waals surface area (Å²) < 4.78 is 0. The third-order valence-corrected chi connectivity index (χ3v) is 1.36. The van der Waals surface area contributed by atoms with Crippen LogP contribution >= 0.6 is 0 Å². The van der Waals surface area contributed by atoms with Crippen molar-refractivity contribution in [2.45, 2.75) is 19.8 Å². The minimum absolute atomic E-state index is 0.393. The molecule has 1 heterocycles. The average molecular weight is 147 g/mol. The van der Waals surface area contributed by atoms with Crippen molar-refractivity contribution in [3.05, 3.63) is 23.8 Å². The normalized spacial score (nSPS) is 9.09. The molecular weight excluding hydrogens is 138 g/mol. The van der Waals surface area contributed by atoms with E-state index in [2.05, 4.69) is 9.97 Å². The lowest BCUT2D eigenvalue weighted by Crippen LogP contribution is -1.93. The van der Waals surface area contributed by atoms with Gasteiger partial charge in [-0.05, 0) is 0 Å². The predicted molar refractivity (Wildman–Crippen MR) is 40.7 cm³/mol. The van der Waals surface area contributed by atoms with Gasteiger partial charge in [0.05, 0.1) is 12.5 Å². The number of aromatic nitrogens is 2. The van der Waals surface area contributed by atoms with Gasteiger partial charge in [-0.3, -0.25) is 0 Å². The summed E-state index contributed by atoms with van der Waals surface area (Å²) in [5, 5.41) is 8.34. The van der Waals surface area contributed by atoms with Crippen LogP contribution in [-0.2, 0) is 12.8 Å². The minimum atomic E-state index is 0.393. The molecular formula is C8H9N3. The van der Waals surface area contributed by atoms with E-state index in [1.54, 1.807) is 12.4 Å². The van der Waals surface area contributed by atoms with Crippen LogP contribution in [0.15, 0.2) is 12.4 Å². The summed E-state index contributed by atoms with van der Waals surface area (Å²) in [5.41, 5.74) is 0.879. The molecule has 0 fully saturated rings. The van der Waals surface area contributed by atoms with Crippen LogP contribution in [0.2, 0.25) is 0 Å². The van der Waals surface area contributed by atoms with Crippen molar-refractivity contribution in [2.75, 3.05) is 0 Å². The Morgan fingerprint density at radius 1 is 1.45 bits per heavy atom. The first kappa shape index (κ1) is 7.67. The van der Waals surface area contributed by atoms with E-state index in [0.717, 1.165) is 17.8 Å². The van der Waals surface area contributed by atoms with Crippen LogP contribution in [0.5, 0.6) is 0 Å². The van der Waals surface area contributed by atoms with Gasteiger partial charge in [0, 0.05) is 24.4 Å². The molecule has 0 spiro atoms. The highest BCUT2D eigenvalue weighted by Crippen LogP contribution is 1.96. The lowest BCUT2D eigenvalue weighted by atomic mass is 10.2. The standard InChI is InChI=1S/C8H9N3/c1-2-8-10-5-7(3-4-9)6-11-8/h5-6H,2-3H2,1H3. The van der Waals surface area contributed by atoms with Gasteiger partial charge in [-0.2, -0.15) is 5.26 Å². The van der Waals surface area contributed by atoms with Gasteiger partial charge in [0.25, 0.3) is 0 Å². The van der Waals surface area contributed by atoms with E-state index in [0.29, 0.717) is 6.42 Å². The Morgan fingerprint density at radius 3 is 2.55 bits per heavy atom. The van der Waals surface area contributed by atoms with Crippen molar-refractivity contribution in [3.8, 4) is 6.07 Å². The van der Waals surface area contributed by atoms with Crippen molar-refractivity contribution in [2.24, 2.45) is 0 Å². The van der Waals surface area contributed by atoms with Crippen LogP contribution in [0.3, 0.4) is 0 Å². The van der Waals surface area contributed by atoms with Gasteiger partial charge in [0.2, 0.25) is 0 Å². The molecule has 11 heavy (non-hydrogen) atoms. The molecule has 0 radical (unpaired) electrons. The first-order valence-electron chi connectivity index (χ1n) is 3.53. The van der Waals surface area contributed by atoms with Crippen LogP contribution < -0.4 is 0 Å². The molecule has 0 saturated carbocycles. The molecule has 1 rings (SSSR count). The second-order valence-electron chi connectivity index (χ2n) is 2.20. The lowest BCUT2D eigenvalue weighted by Gasteiger charge is -1.94. The SMILES string of the molecule is CCc1ncc(CC#N)cn1. The number of nitriles is 1. The van der Waals surface area contributed by atoms with Crippen LogP contribution in [0, 0.1) is 11.3 Å². The fourth-order valence-corrected chi connectivity index (χ4v) is 0.747. The van der Waals surface area contributed by atoms with Crippen LogP contribution in [0.4, 0.5) is 0 Å². The van der Waals surface area contributed by atoms with Crippen molar-refractivity contribution in [3.63, 3.8) is 0 Å². The Kier molecular flexibility index (Phi) is 2.56. The quantitative estimate of drug-likeness (QED) is 0.629. The molecule has 0 amide bonds. The van der Waals surface area contributed by atoms with E-state index in [1.165, 1.54) is 0 Å². The molecule has 0 atom stereocenters. The molecule has 0 aromatic carbocycles. The van der Waals surface area contributed by atoms with Gasteiger partial charge < -0.3 is 0 Å². The molecule has 0 aliphatic heterocycles. The molecule has 0 N–H and O–H groups in total. The average Bonchev–Trinajstić information content (AvgIpc) is 2.07. The molecule has 0 aliphatic carbocycles. The smallest absolute Gasteiger partial charge is 0.127 e. The Balaban J connectivity index is 2.76. The molecule has 0 saturated heterocycles. The summed E-state index contributed by atoms with van der Waals surface area (Å²) >= 11 is 0. The fraction of sp³-hybridized carbons (Fsp3) is 0.375. The van der Waals surface area contributed by atoms with E-state index in [9.17, 15) is 0 Å². The monoisotopic (exact) mass is 147 g/mol. The molecule has 3 heteroatoms. The van der Waals surface area contributed by atoms with Crippen molar-refractivity contribution >= 4 is 0 Å². The maximum absolute atomic E-state index is 8.34. The number of nitrogens with zero attached hydrogens (tertiary/aromatic N) is 3. The summed E-state index contributed by atoms with van der Waals surface area (Å²) in [6.45, 7) is 2.00. The van der Waals surface area contributed by atoms with Gasteiger partial charge in [-0.25, -0.2) is 9.97 Å². The largest absolute Gasteiger partial charge is 0.241 e. The highest BCUT2D eigenvalue weighted by atomic mass is 14.9. The molecule has 0 unspecified atom stereocenters. The summed E-state index contributed by atoms with van der Waals surface area (Å²) in [7, 11) is 0. The van der Waals surface area contributed by atoms with E-state index < -0.39 is 0 Å². The van der Waals surface area contributed by atoms with Crippen molar-refractivity contribution < 1.29 is 0 Å². The van der Waals surface area contributed by atoms with Crippen molar-refractivity contribution in [1.29, 1.82) is 5.26 Å². The van der Waals surface area contributed by atoms with Crippen LogP contribution in [-0.4, -0.2) is 9.97 Å². The molecule has 56 valence electrons. The van der Waals surface area contributed by atoms with Gasteiger partial charge >= 0.3 is 0 Å². The number of aryl methyl sites for hydroxylation is 1. The maximum atomic E-state index is 8.34. The van der Waals surface area contributed by atoms with Gasteiger partial charge in [-0.1, -0.05) is 6.92 Å². The zero-order chi connectivity index (χ0) is 8.10. The lowest BCUT2D eigenvalue weighted by molar-refractivity contribution is 0.923. The summed E-state index contributed by atoms with van der Waals surface area (Å²) in [6.07, 6.45) is 4.64. The minimum Gasteiger partial charge on any atom is -0.241 e. The molecule has 0 aliphatic rings. The summed E-state index contributed by atoms with van der Waals surface area (Å²) in [4.78, 5) is 8.11. The predicted octanol–water partition coefficient (Wildman–Crippen LogP) is 1.11. The second-order valence-corrected chi connectivity index (χ2v) is 2.20. The van der Waals surface area contributed by atoms with Crippen LogP contribution in [0.25, 0.3) is 0 Å². The fourth-order valence-electron chi connectivity index (χ4n) is 0.747. The Morgan fingerprint density at radius 2 is 2.09 bits per heavy atom. The zero-order valence-electron chi connectivity index (χ0n) is 6.41. The first-order chi connectivity index (χ1) is 5.36. The van der Waals surface area contributed by atoms with Gasteiger partial charge in [-0.15, -0.1) is 0 Å². The first-order valence-corrected chi connectivity index (χ1v) is 3.53. The van der Waals surface area contributed by atoms with E-state index in [1.807, 2.05) is 13.0 Å². The highest BCUT2D eigenvalue weighted by Gasteiger charge is 1.93. The summed E-state index contributed by atoms with van der Waals surface area (Å²) in [5.74, 6) is 0.826. The molecule has 1 aromatic heterocycles. The Bertz CT molecular complexity index is 258. The van der Waals surface area contributed by atoms with Gasteiger partial charge in [0.15, 0.2) is 0 Å². The Hall–Kier alpha value is -1.43. The van der Waals surface area contributed by atoms with Gasteiger partial charge in [0.1, 0.15) is 5.82 Å². The number of hydrogen-bond donors (Lipinski definition) is 0. The number of rotatable bonds is 2. The van der Waals surface area contributed by atoms with Crippen molar-refractivity contribution in [1.82, 2.24) is 9.97 Å². The van der Waals surface area contributed by atoms with E-state index >= 15 is 0 Å². The molecule has 3 nitrogen and oxygen atoms in total. The van der Waals surface area contributed by atoms with Crippen LogP contribution in [0.1, 0.15) is 18.3 Å². The molecule has 1 aromatic rings. The maximum Gasteiger partial charge on any atom is 0.127 e.